The Hall–Kier alpha value is -3.39. The predicted octanol–water partition coefficient (Wildman–Crippen LogP) is 3.74. The Bertz CT molecular complexity index is 972. The van der Waals surface area contributed by atoms with Crippen molar-refractivity contribution in [1.29, 1.82) is 0 Å². The van der Waals surface area contributed by atoms with Crippen molar-refractivity contribution in [2.24, 2.45) is 5.10 Å². The van der Waals surface area contributed by atoms with Crippen LogP contribution in [0.3, 0.4) is 0 Å². The van der Waals surface area contributed by atoms with Crippen LogP contribution in [0.2, 0.25) is 0 Å². The largest absolute Gasteiger partial charge is 0.467 e. The number of carbonyl (C=O) groups is 2. The lowest BCUT2D eigenvalue weighted by atomic mass is 10.2. The van der Waals surface area contributed by atoms with Crippen LogP contribution in [0, 0.1) is 0 Å². The molecule has 3 N–H and O–H groups in total. The second-order valence-corrected chi connectivity index (χ2v) is 6.60. The molecule has 0 aliphatic carbocycles. The molecule has 3 aromatic rings. The number of halogens is 1. The molecule has 1 aromatic heterocycles. The molecule has 0 aliphatic heterocycles. The van der Waals surface area contributed by atoms with Gasteiger partial charge in [0.15, 0.2) is 0 Å². The number of carbonyl (C=O) groups excluding carboxylic acids is 2. The van der Waals surface area contributed by atoms with E-state index in [0.717, 1.165) is 21.5 Å². The number of furan rings is 1. The highest BCUT2D eigenvalue weighted by Crippen LogP contribution is 2.20. The molecule has 3 rings (SSSR count). The van der Waals surface area contributed by atoms with E-state index in [1.54, 1.807) is 30.5 Å². The fraction of sp³-hybridized carbons (Fsp3) is 0.0500. The average Bonchev–Trinajstić information content (AvgIpc) is 3.21. The highest BCUT2D eigenvalue weighted by molar-refractivity contribution is 9.10. The van der Waals surface area contributed by atoms with Gasteiger partial charge in [-0.05, 0) is 42.5 Å². The highest BCUT2D eigenvalue weighted by Gasteiger charge is 2.12. The molecule has 0 fully saturated rings. The molecular weight excluding hydrogens is 424 g/mol. The van der Waals surface area contributed by atoms with E-state index in [2.05, 4.69) is 37.1 Å². The zero-order valence-corrected chi connectivity index (χ0v) is 16.3. The van der Waals surface area contributed by atoms with Crippen LogP contribution in [0.25, 0.3) is 0 Å². The molecule has 0 radical (unpaired) electrons. The third kappa shape index (κ3) is 5.55. The minimum atomic E-state index is -0.861. The van der Waals surface area contributed by atoms with E-state index in [1.807, 2.05) is 36.4 Å². The number of amides is 2. The quantitative estimate of drug-likeness (QED) is 0.309. The summed E-state index contributed by atoms with van der Waals surface area (Å²) in [5.74, 6) is -0.870. The minimum Gasteiger partial charge on any atom is -0.467 e. The number of nitrogens with one attached hydrogen (secondary N) is 3. The van der Waals surface area contributed by atoms with Crippen molar-refractivity contribution in [3.63, 3.8) is 0 Å². The summed E-state index contributed by atoms with van der Waals surface area (Å²) in [5, 5.41) is 9.61. The maximum absolute atomic E-state index is 11.9. The van der Waals surface area contributed by atoms with Crippen LogP contribution < -0.4 is 16.1 Å². The van der Waals surface area contributed by atoms with E-state index in [1.165, 1.54) is 6.21 Å². The summed E-state index contributed by atoms with van der Waals surface area (Å²) in [5.41, 5.74) is 4.28. The Labute approximate surface area is 170 Å². The van der Waals surface area contributed by atoms with Crippen LogP contribution in [-0.2, 0) is 16.1 Å². The van der Waals surface area contributed by atoms with E-state index >= 15 is 0 Å². The smallest absolute Gasteiger partial charge is 0.329 e. The minimum absolute atomic E-state index is 0.501. The number of rotatable bonds is 6. The van der Waals surface area contributed by atoms with Gasteiger partial charge in [0.2, 0.25) is 0 Å². The van der Waals surface area contributed by atoms with Crippen molar-refractivity contribution in [2.45, 2.75) is 6.54 Å². The molecule has 0 aliphatic rings. The molecule has 0 bridgehead atoms. The van der Waals surface area contributed by atoms with E-state index in [-0.39, 0.29) is 0 Å². The van der Waals surface area contributed by atoms with E-state index in [9.17, 15) is 9.59 Å². The number of nitrogens with zero attached hydrogens (tertiary/aromatic N) is 1. The van der Waals surface area contributed by atoms with E-state index in [4.69, 9.17) is 4.42 Å². The molecule has 2 aromatic carbocycles. The fourth-order valence-electron chi connectivity index (χ4n) is 2.32. The first kappa shape index (κ1) is 19.4. The van der Waals surface area contributed by atoms with Gasteiger partial charge in [-0.15, -0.1) is 0 Å². The Morgan fingerprint density at radius 2 is 1.86 bits per heavy atom. The lowest BCUT2D eigenvalue weighted by Gasteiger charge is -2.09. The molecule has 0 saturated carbocycles. The Kier molecular flexibility index (Phi) is 6.59. The van der Waals surface area contributed by atoms with E-state index in [0.29, 0.717) is 12.2 Å². The maximum atomic E-state index is 11.9. The molecule has 7 nitrogen and oxygen atoms in total. The Morgan fingerprint density at radius 3 is 2.61 bits per heavy atom. The van der Waals surface area contributed by atoms with Crippen molar-refractivity contribution in [1.82, 2.24) is 5.43 Å². The zero-order valence-electron chi connectivity index (χ0n) is 14.7. The van der Waals surface area contributed by atoms with Gasteiger partial charge in [0.1, 0.15) is 5.76 Å². The van der Waals surface area contributed by atoms with E-state index < -0.39 is 11.8 Å². The molecule has 142 valence electrons. The van der Waals surface area contributed by atoms with Crippen molar-refractivity contribution >= 4 is 45.3 Å². The second-order valence-electron chi connectivity index (χ2n) is 5.68. The molecule has 1 heterocycles. The monoisotopic (exact) mass is 440 g/mol. The zero-order chi connectivity index (χ0) is 19.8. The summed E-state index contributed by atoms with van der Waals surface area (Å²) in [7, 11) is 0. The topological polar surface area (TPSA) is 95.7 Å². The summed E-state index contributed by atoms with van der Waals surface area (Å²) in [4.78, 5) is 23.8. The van der Waals surface area contributed by atoms with Gasteiger partial charge in [-0.2, -0.15) is 5.10 Å². The van der Waals surface area contributed by atoms with Crippen LogP contribution in [0.15, 0.2) is 80.9 Å². The van der Waals surface area contributed by atoms with Crippen LogP contribution in [-0.4, -0.2) is 18.0 Å². The van der Waals surface area contributed by atoms with Gasteiger partial charge in [-0.1, -0.05) is 34.1 Å². The van der Waals surface area contributed by atoms with Crippen LogP contribution in [0.4, 0.5) is 11.4 Å². The van der Waals surface area contributed by atoms with Gasteiger partial charge in [-0.3, -0.25) is 9.59 Å². The van der Waals surface area contributed by atoms with Crippen LogP contribution >= 0.6 is 15.9 Å². The number of hydrazone groups is 1. The third-order valence-corrected chi connectivity index (χ3v) is 4.15. The molecule has 0 atom stereocenters. The summed E-state index contributed by atoms with van der Waals surface area (Å²) in [6.45, 7) is 0.501. The normalized spacial score (nSPS) is 10.6. The van der Waals surface area contributed by atoms with Gasteiger partial charge in [0, 0.05) is 21.4 Å². The Balaban J connectivity index is 1.60. The summed E-state index contributed by atoms with van der Waals surface area (Å²) >= 11 is 3.41. The molecular formula is C20H17BrN4O3. The number of hydrogen-bond donors (Lipinski definition) is 3. The van der Waals surface area contributed by atoms with Crippen LogP contribution in [0.1, 0.15) is 11.3 Å². The highest BCUT2D eigenvalue weighted by atomic mass is 79.9. The number of benzene rings is 2. The summed E-state index contributed by atoms with van der Waals surface area (Å²) in [6.07, 6.45) is 3.07. The number of hydrogen-bond acceptors (Lipinski definition) is 5. The fourth-order valence-corrected chi connectivity index (χ4v) is 2.70. The first-order valence-electron chi connectivity index (χ1n) is 8.37. The maximum Gasteiger partial charge on any atom is 0.329 e. The van der Waals surface area contributed by atoms with Gasteiger partial charge in [0.25, 0.3) is 0 Å². The number of para-hydroxylation sites is 1. The van der Waals surface area contributed by atoms with Crippen LogP contribution in [0.5, 0.6) is 0 Å². The lowest BCUT2D eigenvalue weighted by molar-refractivity contribution is -0.136. The van der Waals surface area contributed by atoms with Gasteiger partial charge >= 0.3 is 11.8 Å². The predicted molar refractivity (Wildman–Crippen MR) is 111 cm³/mol. The van der Waals surface area contributed by atoms with Gasteiger partial charge in [0.05, 0.1) is 19.0 Å². The van der Waals surface area contributed by atoms with Crippen molar-refractivity contribution in [3.8, 4) is 0 Å². The molecule has 0 spiro atoms. The van der Waals surface area contributed by atoms with Crippen molar-refractivity contribution < 1.29 is 14.0 Å². The lowest BCUT2D eigenvalue weighted by Crippen LogP contribution is -2.32. The summed E-state index contributed by atoms with van der Waals surface area (Å²) in [6, 6.07) is 18.0. The second kappa shape index (κ2) is 9.52. The molecule has 2 amide bonds. The molecule has 0 saturated heterocycles. The standard InChI is InChI=1S/C20H17BrN4O3/c21-15-8-9-18(22-13-17-7-4-10-28-17)14(11-15)12-23-25-20(27)19(26)24-16-5-2-1-3-6-16/h1-12,22H,13H2,(H,24,26)(H,25,27)/b23-12-. The number of anilines is 2. The first-order valence-corrected chi connectivity index (χ1v) is 9.16. The first-order chi connectivity index (χ1) is 13.6. The van der Waals surface area contributed by atoms with Crippen molar-refractivity contribution in [3.05, 3.63) is 82.7 Å². The van der Waals surface area contributed by atoms with Gasteiger partial charge in [-0.25, -0.2) is 5.43 Å². The SMILES string of the molecule is O=C(N/N=C\c1cc(Br)ccc1NCc1ccco1)C(=O)Nc1ccccc1. The summed E-state index contributed by atoms with van der Waals surface area (Å²) < 4.78 is 6.15. The molecule has 8 heteroatoms. The average molecular weight is 441 g/mol. The van der Waals surface area contributed by atoms with Crippen molar-refractivity contribution in [2.75, 3.05) is 10.6 Å². The third-order valence-electron chi connectivity index (χ3n) is 3.65. The van der Waals surface area contributed by atoms with Gasteiger partial charge < -0.3 is 15.1 Å². The molecule has 0 unspecified atom stereocenters. The Morgan fingerprint density at radius 1 is 1.04 bits per heavy atom. The molecule has 28 heavy (non-hydrogen) atoms.